The summed E-state index contributed by atoms with van der Waals surface area (Å²) in [6.45, 7) is 4.65. The quantitative estimate of drug-likeness (QED) is 0.361. The van der Waals surface area contributed by atoms with Gasteiger partial charge < -0.3 is 15.8 Å². The van der Waals surface area contributed by atoms with E-state index in [-0.39, 0.29) is 11.8 Å². The van der Waals surface area contributed by atoms with Crippen molar-refractivity contribution < 1.29 is 18.4 Å². The van der Waals surface area contributed by atoms with Crippen molar-refractivity contribution in [3.63, 3.8) is 0 Å². The van der Waals surface area contributed by atoms with Gasteiger partial charge in [-0.15, -0.1) is 0 Å². The van der Waals surface area contributed by atoms with Gasteiger partial charge >= 0.3 is 6.18 Å². The van der Waals surface area contributed by atoms with E-state index in [1.165, 1.54) is 6.07 Å². The average molecular weight is 368 g/mol. The first-order valence-corrected chi connectivity index (χ1v) is 7.09. The molecule has 4 nitrogen and oxygen atoms in total. The van der Waals surface area contributed by atoms with E-state index in [2.05, 4.69) is 21.1 Å². The molecule has 0 saturated heterocycles. The van der Waals surface area contributed by atoms with E-state index < -0.39 is 11.7 Å². The predicted octanol–water partition coefficient (Wildman–Crippen LogP) is 3.68. The maximum absolute atomic E-state index is 12.6. The Morgan fingerprint density at radius 1 is 1.48 bits per heavy atom. The summed E-state index contributed by atoms with van der Waals surface area (Å²) in [5, 5.41) is 11.6. The molecule has 1 atom stereocenters. The zero-order chi connectivity index (χ0) is 16.2. The first-order valence-electron chi connectivity index (χ1n) is 6.29. The number of amidine groups is 1. The minimum Gasteiger partial charge on any atom is -0.409 e. The molecule has 3 N–H and O–H groups in total. The van der Waals surface area contributed by atoms with Crippen LogP contribution in [0, 0.1) is 5.92 Å². The van der Waals surface area contributed by atoms with Gasteiger partial charge in [0.25, 0.3) is 0 Å². The number of oxime groups is 1. The molecule has 1 rings (SSSR count). The molecule has 0 aliphatic carbocycles. The fourth-order valence-corrected chi connectivity index (χ4v) is 2.49. The van der Waals surface area contributed by atoms with Gasteiger partial charge in [0.15, 0.2) is 0 Å². The Morgan fingerprint density at radius 2 is 2.10 bits per heavy atom. The Labute approximate surface area is 129 Å². The van der Waals surface area contributed by atoms with Crippen molar-refractivity contribution in [1.29, 1.82) is 0 Å². The summed E-state index contributed by atoms with van der Waals surface area (Å²) >= 11 is 3.17. The highest BCUT2D eigenvalue weighted by Crippen LogP contribution is 2.35. The van der Waals surface area contributed by atoms with Gasteiger partial charge in [0.2, 0.25) is 0 Å². The molecule has 118 valence electrons. The van der Waals surface area contributed by atoms with Crippen LogP contribution in [0.3, 0.4) is 0 Å². The number of hydrogen-bond acceptors (Lipinski definition) is 3. The number of nitrogens with two attached hydrogens (primary N) is 1. The lowest BCUT2D eigenvalue weighted by molar-refractivity contribution is -0.137. The molecule has 21 heavy (non-hydrogen) atoms. The van der Waals surface area contributed by atoms with Crippen LogP contribution in [-0.2, 0) is 6.18 Å². The Kier molecular flexibility index (Phi) is 5.88. The molecule has 0 amide bonds. The summed E-state index contributed by atoms with van der Waals surface area (Å²) in [5.74, 6) is -0.152. The largest absolute Gasteiger partial charge is 0.416 e. The fourth-order valence-electron chi connectivity index (χ4n) is 1.86. The number of benzene rings is 1. The topological polar surface area (TPSA) is 61.8 Å². The highest BCUT2D eigenvalue weighted by Gasteiger charge is 2.31. The Balaban J connectivity index is 3.02. The predicted molar refractivity (Wildman–Crippen MR) is 79.6 cm³/mol. The van der Waals surface area contributed by atoms with Crippen molar-refractivity contribution in [2.75, 3.05) is 18.0 Å². The summed E-state index contributed by atoms with van der Waals surface area (Å²) in [6.07, 6.45) is -4.38. The second kappa shape index (κ2) is 7.02. The van der Waals surface area contributed by atoms with Crippen LogP contribution in [0.1, 0.15) is 19.4 Å². The molecule has 8 heteroatoms. The number of alkyl halides is 3. The molecular formula is C13H17BrF3N3O. The van der Waals surface area contributed by atoms with Crippen LogP contribution in [0.5, 0.6) is 0 Å². The van der Waals surface area contributed by atoms with E-state index in [0.29, 0.717) is 23.2 Å². The molecule has 0 spiro atoms. The first kappa shape index (κ1) is 17.6. The van der Waals surface area contributed by atoms with E-state index in [1.807, 2.05) is 11.8 Å². The summed E-state index contributed by atoms with van der Waals surface area (Å²) in [4.78, 5) is 1.85. The molecule has 0 radical (unpaired) electrons. The average Bonchev–Trinajstić information content (AvgIpc) is 2.42. The lowest BCUT2D eigenvalue weighted by atomic mass is 10.1. The zero-order valence-corrected chi connectivity index (χ0v) is 13.2. The Hall–Kier alpha value is -1.44. The second-order valence-corrected chi connectivity index (χ2v) is 5.48. The molecule has 1 aromatic rings. The summed E-state index contributed by atoms with van der Waals surface area (Å²) in [5.41, 5.74) is 5.45. The van der Waals surface area contributed by atoms with E-state index >= 15 is 0 Å². The van der Waals surface area contributed by atoms with E-state index in [1.54, 1.807) is 6.92 Å². The molecular weight excluding hydrogens is 351 g/mol. The third-order valence-corrected chi connectivity index (χ3v) is 3.75. The molecule has 0 heterocycles. The molecule has 0 saturated carbocycles. The smallest absolute Gasteiger partial charge is 0.409 e. The second-order valence-electron chi connectivity index (χ2n) is 4.63. The van der Waals surface area contributed by atoms with Crippen molar-refractivity contribution in [3.8, 4) is 0 Å². The van der Waals surface area contributed by atoms with Crippen LogP contribution in [0.15, 0.2) is 27.8 Å². The van der Waals surface area contributed by atoms with Gasteiger partial charge in [-0.3, -0.25) is 0 Å². The number of hydrogen-bond donors (Lipinski definition) is 2. The maximum Gasteiger partial charge on any atom is 0.416 e. The summed E-state index contributed by atoms with van der Waals surface area (Å²) < 4.78 is 38.3. The number of rotatable bonds is 5. The highest BCUT2D eigenvalue weighted by molar-refractivity contribution is 9.10. The van der Waals surface area contributed by atoms with Gasteiger partial charge in [0.05, 0.1) is 11.3 Å². The van der Waals surface area contributed by atoms with Crippen LogP contribution in [0.2, 0.25) is 0 Å². The molecule has 0 aliphatic heterocycles. The molecule has 0 aliphatic rings. The summed E-state index contributed by atoms with van der Waals surface area (Å²) in [6, 6.07) is 3.50. The van der Waals surface area contributed by atoms with Crippen molar-refractivity contribution in [3.05, 3.63) is 28.2 Å². The number of nitrogens with zero attached hydrogens (tertiary/aromatic N) is 2. The maximum atomic E-state index is 12.6. The van der Waals surface area contributed by atoms with Crippen LogP contribution in [0.25, 0.3) is 0 Å². The van der Waals surface area contributed by atoms with E-state index in [4.69, 9.17) is 10.9 Å². The SMILES string of the molecule is CCN(CC(C)/C(N)=N/O)c1ccc(C(F)(F)F)cc1Br. The van der Waals surface area contributed by atoms with Crippen molar-refractivity contribution >= 4 is 27.5 Å². The third kappa shape index (κ3) is 4.52. The lowest BCUT2D eigenvalue weighted by Gasteiger charge is -2.27. The fraction of sp³-hybridized carbons (Fsp3) is 0.462. The molecule has 0 aromatic heterocycles. The van der Waals surface area contributed by atoms with Gasteiger partial charge in [-0.05, 0) is 41.1 Å². The molecule has 0 fully saturated rings. The van der Waals surface area contributed by atoms with E-state index in [9.17, 15) is 13.2 Å². The molecule has 1 unspecified atom stereocenters. The normalized spacial score (nSPS) is 14.1. The Bertz CT molecular complexity index is 520. The zero-order valence-electron chi connectivity index (χ0n) is 11.7. The standard InChI is InChI=1S/C13H17BrF3N3O/c1-3-20(7-8(2)12(18)19-21)11-5-4-9(6-10(11)14)13(15,16)17/h4-6,8,21H,3,7H2,1-2H3,(H2,18,19). The number of halogens is 4. The van der Waals surface area contributed by atoms with Crippen molar-refractivity contribution in [1.82, 2.24) is 0 Å². The minimum atomic E-state index is -4.38. The van der Waals surface area contributed by atoms with Crippen molar-refractivity contribution in [2.45, 2.75) is 20.0 Å². The van der Waals surface area contributed by atoms with Gasteiger partial charge in [-0.1, -0.05) is 12.1 Å². The Morgan fingerprint density at radius 3 is 2.52 bits per heavy atom. The monoisotopic (exact) mass is 367 g/mol. The first-order chi connectivity index (χ1) is 9.70. The van der Waals surface area contributed by atoms with Gasteiger partial charge in [-0.25, -0.2) is 0 Å². The number of anilines is 1. The lowest BCUT2D eigenvalue weighted by Crippen LogP contribution is -2.35. The minimum absolute atomic E-state index is 0.0801. The van der Waals surface area contributed by atoms with Crippen LogP contribution in [-0.4, -0.2) is 24.1 Å². The van der Waals surface area contributed by atoms with Gasteiger partial charge in [0, 0.05) is 23.5 Å². The van der Waals surface area contributed by atoms with Crippen LogP contribution < -0.4 is 10.6 Å². The molecule has 1 aromatic carbocycles. The van der Waals surface area contributed by atoms with Crippen LogP contribution in [0.4, 0.5) is 18.9 Å². The van der Waals surface area contributed by atoms with Gasteiger partial charge in [0.1, 0.15) is 5.84 Å². The third-order valence-electron chi connectivity index (χ3n) is 3.11. The highest BCUT2D eigenvalue weighted by atomic mass is 79.9. The van der Waals surface area contributed by atoms with Gasteiger partial charge in [-0.2, -0.15) is 13.2 Å². The van der Waals surface area contributed by atoms with E-state index in [0.717, 1.165) is 12.1 Å². The summed E-state index contributed by atoms with van der Waals surface area (Å²) in [7, 11) is 0. The van der Waals surface area contributed by atoms with Crippen molar-refractivity contribution in [2.24, 2.45) is 16.8 Å². The molecule has 0 bridgehead atoms. The van der Waals surface area contributed by atoms with Crippen LogP contribution >= 0.6 is 15.9 Å².